The third-order valence-corrected chi connectivity index (χ3v) is 4.52. The van der Waals surface area contributed by atoms with Crippen LogP contribution in [0.3, 0.4) is 0 Å². The first-order valence-corrected chi connectivity index (χ1v) is 10.4. The number of rotatable bonds is 13. The summed E-state index contributed by atoms with van der Waals surface area (Å²) in [7, 11) is 0. The first-order valence-electron chi connectivity index (χ1n) is 10.4. The first-order chi connectivity index (χ1) is 14.1. The number of aliphatic hydroxyl groups excluding tert-OH is 1. The number of unbranched alkanes of at least 4 members (excludes halogenated alkanes) is 3. The third-order valence-electron chi connectivity index (χ3n) is 4.52. The quantitative estimate of drug-likeness (QED) is 0.282. The lowest BCUT2D eigenvalue weighted by Gasteiger charge is -2.13. The van der Waals surface area contributed by atoms with E-state index < -0.39 is 6.29 Å². The van der Waals surface area contributed by atoms with Gasteiger partial charge in [0, 0.05) is 12.5 Å². The smallest absolute Gasteiger partial charge is 0.302 e. The van der Waals surface area contributed by atoms with Gasteiger partial charge in [-0.15, -0.1) is 0 Å². The molecule has 0 radical (unpaired) electrons. The average molecular weight is 401 g/mol. The van der Waals surface area contributed by atoms with E-state index in [4.69, 9.17) is 14.2 Å². The number of carbonyl (C=O) groups is 1. The van der Waals surface area contributed by atoms with Gasteiger partial charge in [-0.25, -0.2) is 0 Å². The molecular formula is C24H32O5. The lowest BCUT2D eigenvalue weighted by molar-refractivity contribution is -0.141. The van der Waals surface area contributed by atoms with E-state index in [0.717, 1.165) is 36.3 Å². The van der Waals surface area contributed by atoms with Crippen molar-refractivity contribution in [2.75, 3.05) is 19.8 Å². The van der Waals surface area contributed by atoms with E-state index >= 15 is 0 Å². The van der Waals surface area contributed by atoms with E-state index in [1.54, 1.807) is 0 Å². The zero-order chi connectivity index (χ0) is 20.9. The van der Waals surface area contributed by atoms with Crippen LogP contribution in [0.4, 0.5) is 0 Å². The lowest BCUT2D eigenvalue weighted by Crippen LogP contribution is -2.06. The van der Waals surface area contributed by atoms with Crippen molar-refractivity contribution in [3.63, 3.8) is 0 Å². The average Bonchev–Trinajstić information content (AvgIpc) is 2.74. The van der Waals surface area contributed by atoms with Gasteiger partial charge in [-0.2, -0.15) is 0 Å². The molecule has 0 fully saturated rings. The number of esters is 1. The minimum absolute atomic E-state index is 0.278. The van der Waals surface area contributed by atoms with Gasteiger partial charge in [0.25, 0.3) is 0 Å². The molecule has 1 unspecified atom stereocenters. The van der Waals surface area contributed by atoms with Gasteiger partial charge in [0.15, 0.2) is 6.29 Å². The Morgan fingerprint density at radius 1 is 0.862 bits per heavy atom. The molecule has 2 aromatic rings. The van der Waals surface area contributed by atoms with Crippen LogP contribution in [0.25, 0.3) is 11.1 Å². The Balaban J connectivity index is 1.77. The second-order valence-electron chi connectivity index (χ2n) is 6.97. The van der Waals surface area contributed by atoms with Crippen molar-refractivity contribution in [1.29, 1.82) is 0 Å². The minimum atomic E-state index is -0.961. The van der Waals surface area contributed by atoms with E-state index in [0.29, 0.717) is 25.2 Å². The monoisotopic (exact) mass is 400 g/mol. The van der Waals surface area contributed by atoms with Gasteiger partial charge in [0.2, 0.25) is 0 Å². The van der Waals surface area contributed by atoms with Crippen LogP contribution in [0, 0.1) is 0 Å². The standard InChI is InChI=1S/C24H32O5/c1-3-4-5-17-28-23-14-12-21(13-15-23)20-8-10-22(11-9-20)24(26)29-18-7-6-16-27-19(2)25/h8-15,24,26H,3-7,16-18H2,1-2H3. The van der Waals surface area contributed by atoms with Crippen LogP contribution in [0.2, 0.25) is 0 Å². The molecule has 0 amide bonds. The molecular weight excluding hydrogens is 368 g/mol. The molecule has 158 valence electrons. The van der Waals surface area contributed by atoms with Crippen LogP contribution in [0.1, 0.15) is 57.8 Å². The summed E-state index contributed by atoms with van der Waals surface area (Å²) in [4.78, 5) is 10.7. The summed E-state index contributed by atoms with van der Waals surface area (Å²) in [5, 5.41) is 10.2. The molecule has 2 aromatic carbocycles. The predicted molar refractivity (Wildman–Crippen MR) is 114 cm³/mol. The van der Waals surface area contributed by atoms with Gasteiger partial charge >= 0.3 is 5.97 Å². The van der Waals surface area contributed by atoms with E-state index in [1.807, 2.05) is 48.5 Å². The second-order valence-corrected chi connectivity index (χ2v) is 6.97. The fourth-order valence-corrected chi connectivity index (χ4v) is 2.84. The van der Waals surface area contributed by atoms with Gasteiger partial charge in [-0.3, -0.25) is 4.79 Å². The number of ether oxygens (including phenoxy) is 3. The summed E-state index contributed by atoms with van der Waals surface area (Å²) in [6.07, 6.45) is 3.93. The van der Waals surface area contributed by atoms with Crippen molar-refractivity contribution < 1.29 is 24.1 Å². The van der Waals surface area contributed by atoms with Gasteiger partial charge < -0.3 is 19.3 Å². The van der Waals surface area contributed by atoms with E-state index in [1.165, 1.54) is 19.8 Å². The van der Waals surface area contributed by atoms with Gasteiger partial charge in [-0.1, -0.05) is 56.2 Å². The summed E-state index contributed by atoms with van der Waals surface area (Å²) in [6.45, 7) is 5.11. The first kappa shape index (κ1) is 22.9. The molecule has 1 N–H and O–H groups in total. The Hall–Kier alpha value is -2.37. The Morgan fingerprint density at radius 3 is 2.07 bits per heavy atom. The molecule has 5 nitrogen and oxygen atoms in total. The molecule has 29 heavy (non-hydrogen) atoms. The van der Waals surface area contributed by atoms with Crippen LogP contribution in [-0.4, -0.2) is 30.9 Å². The predicted octanol–water partition coefficient (Wildman–Crippen LogP) is 5.27. The molecule has 0 aliphatic carbocycles. The van der Waals surface area contributed by atoms with Crippen molar-refractivity contribution in [1.82, 2.24) is 0 Å². The minimum Gasteiger partial charge on any atom is -0.494 e. The van der Waals surface area contributed by atoms with Crippen molar-refractivity contribution in [2.45, 2.75) is 52.2 Å². The Morgan fingerprint density at radius 2 is 1.45 bits per heavy atom. The van der Waals surface area contributed by atoms with Crippen LogP contribution in [-0.2, 0) is 14.3 Å². The molecule has 2 rings (SSSR count). The topological polar surface area (TPSA) is 65.0 Å². The van der Waals surface area contributed by atoms with Gasteiger partial charge in [0.1, 0.15) is 5.75 Å². The number of benzene rings is 2. The molecule has 0 aliphatic rings. The Bertz CT molecular complexity index is 709. The molecule has 0 saturated heterocycles. The fraction of sp³-hybridized carbons (Fsp3) is 0.458. The summed E-state index contributed by atoms with van der Waals surface area (Å²) >= 11 is 0. The summed E-state index contributed by atoms with van der Waals surface area (Å²) in [5.41, 5.74) is 2.88. The number of hydrogen-bond acceptors (Lipinski definition) is 5. The van der Waals surface area contributed by atoms with Crippen LogP contribution >= 0.6 is 0 Å². The Labute approximate surface area is 173 Å². The summed E-state index contributed by atoms with van der Waals surface area (Å²) in [6, 6.07) is 15.7. The fourth-order valence-electron chi connectivity index (χ4n) is 2.84. The zero-order valence-corrected chi connectivity index (χ0v) is 17.4. The van der Waals surface area contributed by atoms with E-state index in [9.17, 15) is 9.90 Å². The normalized spacial score (nSPS) is 11.8. The maximum Gasteiger partial charge on any atom is 0.302 e. The van der Waals surface area contributed by atoms with Crippen LogP contribution in [0.15, 0.2) is 48.5 Å². The number of carbonyl (C=O) groups excluding carboxylic acids is 1. The summed E-state index contributed by atoms with van der Waals surface area (Å²) < 4.78 is 16.1. The third kappa shape index (κ3) is 8.67. The van der Waals surface area contributed by atoms with Crippen molar-refractivity contribution in [3.8, 4) is 16.9 Å². The highest BCUT2D eigenvalue weighted by atomic mass is 16.6. The van der Waals surface area contributed by atoms with E-state index in [-0.39, 0.29) is 5.97 Å². The lowest BCUT2D eigenvalue weighted by atomic mass is 10.0. The SMILES string of the molecule is CCCCCOc1ccc(-c2ccc(C(O)OCCCCOC(C)=O)cc2)cc1. The van der Waals surface area contributed by atoms with E-state index in [2.05, 4.69) is 6.92 Å². The molecule has 0 heterocycles. The molecule has 0 saturated carbocycles. The highest BCUT2D eigenvalue weighted by Gasteiger charge is 2.08. The second kappa shape index (κ2) is 13.0. The van der Waals surface area contributed by atoms with Crippen molar-refractivity contribution in [2.24, 2.45) is 0 Å². The highest BCUT2D eigenvalue weighted by Crippen LogP contribution is 2.25. The molecule has 0 aliphatic heterocycles. The Kier molecular flexibility index (Phi) is 10.2. The maximum atomic E-state index is 10.7. The van der Waals surface area contributed by atoms with Crippen molar-refractivity contribution in [3.05, 3.63) is 54.1 Å². The molecule has 0 bridgehead atoms. The number of hydrogen-bond donors (Lipinski definition) is 1. The highest BCUT2D eigenvalue weighted by molar-refractivity contribution is 5.66. The van der Waals surface area contributed by atoms with Crippen molar-refractivity contribution >= 4 is 5.97 Å². The molecule has 0 spiro atoms. The molecule has 0 aromatic heterocycles. The van der Waals surface area contributed by atoms with Gasteiger partial charge in [-0.05, 0) is 42.5 Å². The maximum absolute atomic E-state index is 10.7. The number of aliphatic hydroxyl groups is 1. The molecule has 5 heteroatoms. The zero-order valence-electron chi connectivity index (χ0n) is 17.4. The largest absolute Gasteiger partial charge is 0.494 e. The van der Waals surface area contributed by atoms with Crippen LogP contribution < -0.4 is 4.74 Å². The van der Waals surface area contributed by atoms with Crippen LogP contribution in [0.5, 0.6) is 5.75 Å². The van der Waals surface area contributed by atoms with Gasteiger partial charge in [0.05, 0.1) is 19.8 Å². The summed E-state index contributed by atoms with van der Waals surface area (Å²) in [5.74, 6) is 0.610. The molecule has 1 atom stereocenters.